The van der Waals surface area contributed by atoms with E-state index in [-0.39, 0.29) is 11.5 Å². The van der Waals surface area contributed by atoms with Crippen LogP contribution in [0.2, 0.25) is 5.02 Å². The number of halogens is 1. The van der Waals surface area contributed by atoms with Crippen molar-refractivity contribution in [3.8, 4) is 6.07 Å². The summed E-state index contributed by atoms with van der Waals surface area (Å²) in [4.78, 5) is 2.23. The van der Waals surface area contributed by atoms with E-state index >= 15 is 0 Å². The van der Waals surface area contributed by atoms with Crippen LogP contribution in [0.1, 0.15) is 12.8 Å². The Balaban J connectivity index is 2.28. The zero-order valence-corrected chi connectivity index (χ0v) is 11.6. The van der Waals surface area contributed by atoms with Gasteiger partial charge in [-0.05, 0) is 31.0 Å². The normalized spacial score (nSPS) is 15.0. The molecule has 1 aliphatic rings. The Bertz CT molecular complexity index is 583. The number of nitrogens with zero attached hydrogens (tertiary/aromatic N) is 3. The lowest BCUT2D eigenvalue weighted by Gasteiger charge is -2.21. The predicted molar refractivity (Wildman–Crippen MR) is 81.5 cm³/mol. The van der Waals surface area contributed by atoms with Crippen LogP contribution in [-0.2, 0) is 0 Å². The first-order chi connectivity index (χ1) is 9.61. The van der Waals surface area contributed by atoms with E-state index in [1.165, 1.54) is 0 Å². The van der Waals surface area contributed by atoms with Gasteiger partial charge in [0.2, 0.25) is 5.71 Å². The van der Waals surface area contributed by atoms with Gasteiger partial charge in [-0.25, -0.2) is 0 Å². The van der Waals surface area contributed by atoms with Crippen LogP contribution >= 0.6 is 11.6 Å². The van der Waals surface area contributed by atoms with Crippen LogP contribution < -0.4 is 16.1 Å². The van der Waals surface area contributed by atoms with Gasteiger partial charge in [0, 0.05) is 18.1 Å². The summed E-state index contributed by atoms with van der Waals surface area (Å²) < 4.78 is 0. The molecule has 1 aliphatic heterocycles. The molecule has 6 nitrogen and oxygen atoms in total. The van der Waals surface area contributed by atoms with Gasteiger partial charge in [0.15, 0.2) is 5.84 Å². The van der Waals surface area contributed by atoms with Crippen molar-refractivity contribution >= 4 is 34.5 Å². The van der Waals surface area contributed by atoms with E-state index in [0.717, 1.165) is 31.6 Å². The summed E-state index contributed by atoms with van der Waals surface area (Å²) in [7, 11) is 0. The average molecular weight is 291 g/mol. The van der Waals surface area contributed by atoms with Gasteiger partial charge in [0.25, 0.3) is 0 Å². The largest absolute Gasteiger partial charge is 0.382 e. The van der Waals surface area contributed by atoms with Crippen molar-refractivity contribution in [2.24, 2.45) is 10.8 Å². The third-order valence-corrected chi connectivity index (χ3v) is 3.29. The molecule has 2 rings (SSSR count). The van der Waals surface area contributed by atoms with E-state index in [1.54, 1.807) is 12.1 Å². The van der Waals surface area contributed by atoms with Crippen LogP contribution in [0.25, 0.3) is 0 Å². The Morgan fingerprint density at radius 3 is 2.75 bits per heavy atom. The highest BCUT2D eigenvalue weighted by molar-refractivity contribution is 6.45. The zero-order valence-electron chi connectivity index (χ0n) is 10.9. The molecule has 0 bridgehead atoms. The van der Waals surface area contributed by atoms with Crippen molar-refractivity contribution in [3.05, 3.63) is 23.2 Å². The highest BCUT2D eigenvalue weighted by Gasteiger charge is 2.16. The first-order valence-corrected chi connectivity index (χ1v) is 6.62. The highest BCUT2D eigenvalue weighted by Crippen LogP contribution is 2.31. The molecule has 0 aromatic heterocycles. The second kappa shape index (κ2) is 6.26. The molecule has 1 saturated heterocycles. The van der Waals surface area contributed by atoms with Gasteiger partial charge in [0.1, 0.15) is 6.07 Å². The monoisotopic (exact) mass is 290 g/mol. The topological polar surface area (TPSA) is 101 Å². The summed E-state index contributed by atoms with van der Waals surface area (Å²) in [6, 6.07) is 7.25. The molecule has 1 heterocycles. The molecule has 7 heteroatoms. The number of benzene rings is 1. The Morgan fingerprint density at radius 2 is 2.15 bits per heavy atom. The Kier molecular flexibility index (Phi) is 4.43. The molecular weight excluding hydrogens is 276 g/mol. The zero-order chi connectivity index (χ0) is 14.5. The third-order valence-electron chi connectivity index (χ3n) is 3.05. The van der Waals surface area contributed by atoms with Gasteiger partial charge in [-0.15, -0.1) is 0 Å². The van der Waals surface area contributed by atoms with Crippen molar-refractivity contribution in [2.45, 2.75) is 12.8 Å². The highest BCUT2D eigenvalue weighted by atomic mass is 35.5. The fourth-order valence-corrected chi connectivity index (χ4v) is 2.27. The second-order valence-electron chi connectivity index (χ2n) is 4.45. The van der Waals surface area contributed by atoms with E-state index in [1.807, 2.05) is 12.1 Å². The molecule has 0 radical (unpaired) electrons. The summed E-state index contributed by atoms with van der Waals surface area (Å²) in [5, 5.41) is 20.5. The predicted octanol–water partition coefficient (Wildman–Crippen LogP) is 2.17. The van der Waals surface area contributed by atoms with Crippen LogP contribution in [0, 0.1) is 16.7 Å². The minimum Gasteiger partial charge on any atom is -0.382 e. The smallest absolute Gasteiger partial charge is 0.201 e. The summed E-state index contributed by atoms with van der Waals surface area (Å²) >= 11 is 6.00. The standard InChI is InChI=1S/C13H15ClN6/c14-9-3-4-12(20-5-1-2-6-20)10(7-9)18-19-11(8-15)13(16)17/h3-4,7,18H,1-2,5-6H2,(H3,16,17)/b19-11+. The quantitative estimate of drug-likeness (QED) is 0.449. The van der Waals surface area contributed by atoms with Gasteiger partial charge >= 0.3 is 0 Å². The second-order valence-corrected chi connectivity index (χ2v) is 4.89. The van der Waals surface area contributed by atoms with Crippen LogP contribution in [0.3, 0.4) is 0 Å². The maximum atomic E-state index is 8.83. The molecule has 1 aromatic carbocycles. The molecule has 1 aromatic rings. The summed E-state index contributed by atoms with van der Waals surface area (Å²) in [5.41, 5.74) is 9.57. The molecule has 0 saturated carbocycles. The van der Waals surface area contributed by atoms with Crippen molar-refractivity contribution in [1.29, 1.82) is 10.7 Å². The molecule has 0 aliphatic carbocycles. The number of nitrogens with one attached hydrogen (secondary N) is 2. The number of anilines is 2. The minimum atomic E-state index is -0.371. The number of hydrazone groups is 1. The SMILES string of the molecule is N#C/C(=N\Nc1cc(Cl)ccc1N1CCCC1)C(=N)N. The number of amidine groups is 1. The first-order valence-electron chi connectivity index (χ1n) is 6.24. The van der Waals surface area contributed by atoms with Crippen LogP contribution in [-0.4, -0.2) is 24.6 Å². The summed E-state index contributed by atoms with van der Waals surface area (Å²) in [5.74, 6) is -0.371. The molecule has 20 heavy (non-hydrogen) atoms. The van der Waals surface area contributed by atoms with E-state index in [9.17, 15) is 0 Å². The lowest BCUT2D eigenvalue weighted by molar-refractivity contribution is 0.949. The maximum absolute atomic E-state index is 8.83. The van der Waals surface area contributed by atoms with Gasteiger partial charge in [-0.3, -0.25) is 10.8 Å². The average Bonchev–Trinajstić information content (AvgIpc) is 2.93. The maximum Gasteiger partial charge on any atom is 0.201 e. The number of nitrogens with two attached hydrogens (primary N) is 1. The molecule has 0 atom stereocenters. The van der Waals surface area contributed by atoms with Gasteiger partial charge in [-0.1, -0.05) is 11.6 Å². The van der Waals surface area contributed by atoms with E-state index in [4.69, 9.17) is 28.0 Å². The molecule has 104 valence electrons. The van der Waals surface area contributed by atoms with Gasteiger partial charge in [0.05, 0.1) is 11.4 Å². The number of rotatable bonds is 4. The number of nitriles is 1. The molecule has 0 unspecified atom stereocenters. The van der Waals surface area contributed by atoms with E-state index in [2.05, 4.69) is 15.4 Å². The molecule has 1 fully saturated rings. The summed E-state index contributed by atoms with van der Waals surface area (Å²) in [6.07, 6.45) is 2.31. The molecule has 0 spiro atoms. The third kappa shape index (κ3) is 3.19. The van der Waals surface area contributed by atoms with Gasteiger partial charge in [-0.2, -0.15) is 10.4 Å². The fourth-order valence-electron chi connectivity index (χ4n) is 2.09. The lowest BCUT2D eigenvalue weighted by Crippen LogP contribution is -2.22. The van der Waals surface area contributed by atoms with Crippen molar-refractivity contribution in [1.82, 2.24) is 0 Å². The van der Waals surface area contributed by atoms with Crippen LogP contribution in [0.5, 0.6) is 0 Å². The van der Waals surface area contributed by atoms with E-state index < -0.39 is 0 Å². The van der Waals surface area contributed by atoms with Crippen molar-refractivity contribution in [3.63, 3.8) is 0 Å². The molecule has 4 N–H and O–H groups in total. The Hall–Kier alpha value is -2.26. The molecular formula is C13H15ClN6. The number of hydrogen-bond donors (Lipinski definition) is 3. The Morgan fingerprint density at radius 1 is 1.45 bits per heavy atom. The summed E-state index contributed by atoms with van der Waals surface area (Å²) in [6.45, 7) is 1.97. The fraction of sp³-hybridized carbons (Fsp3) is 0.308. The van der Waals surface area contributed by atoms with E-state index in [0.29, 0.717) is 10.7 Å². The van der Waals surface area contributed by atoms with Crippen LogP contribution in [0.15, 0.2) is 23.3 Å². The molecule has 0 amide bonds. The lowest BCUT2D eigenvalue weighted by atomic mass is 10.2. The Labute approximate surface area is 122 Å². The van der Waals surface area contributed by atoms with Crippen molar-refractivity contribution < 1.29 is 0 Å². The van der Waals surface area contributed by atoms with Crippen LogP contribution in [0.4, 0.5) is 11.4 Å². The minimum absolute atomic E-state index is 0.155. The van der Waals surface area contributed by atoms with Crippen molar-refractivity contribution in [2.75, 3.05) is 23.4 Å². The first kappa shape index (κ1) is 14.2. The number of hydrogen-bond acceptors (Lipinski definition) is 5. The van der Waals surface area contributed by atoms with Gasteiger partial charge < -0.3 is 10.6 Å².